The van der Waals surface area contributed by atoms with Crippen molar-refractivity contribution in [1.29, 1.82) is 0 Å². The molecular formula is C25H24O3. The molecule has 0 aromatic heterocycles. The van der Waals surface area contributed by atoms with Crippen LogP contribution in [0, 0.1) is 0 Å². The normalized spacial score (nSPS) is 12.0. The molecule has 0 N–H and O–H groups in total. The third kappa shape index (κ3) is 4.32. The van der Waals surface area contributed by atoms with Crippen molar-refractivity contribution < 1.29 is 14.3 Å². The number of hydrogen-bond acceptors (Lipinski definition) is 3. The van der Waals surface area contributed by atoms with Crippen LogP contribution in [0.4, 0.5) is 0 Å². The molecule has 3 nitrogen and oxygen atoms in total. The highest BCUT2D eigenvalue weighted by Crippen LogP contribution is 2.38. The number of ketones is 1. The Morgan fingerprint density at radius 2 is 1.64 bits per heavy atom. The lowest BCUT2D eigenvalue weighted by Gasteiger charge is -2.22. The van der Waals surface area contributed by atoms with E-state index in [1.165, 1.54) is 16.7 Å². The van der Waals surface area contributed by atoms with E-state index in [0.29, 0.717) is 26.2 Å². The summed E-state index contributed by atoms with van der Waals surface area (Å²) in [4.78, 5) is 11.2. The Balaban J connectivity index is 1.45. The van der Waals surface area contributed by atoms with Gasteiger partial charge in [-0.05, 0) is 53.3 Å². The van der Waals surface area contributed by atoms with Crippen molar-refractivity contribution in [2.24, 2.45) is 0 Å². The highest BCUT2D eigenvalue weighted by Gasteiger charge is 2.18. The van der Waals surface area contributed by atoms with Crippen LogP contribution in [0.3, 0.4) is 0 Å². The minimum atomic E-state index is 0.214. The van der Waals surface area contributed by atoms with Gasteiger partial charge in [0.1, 0.15) is 18.1 Å². The van der Waals surface area contributed by atoms with Crippen LogP contribution in [0.1, 0.15) is 35.6 Å². The predicted molar refractivity (Wildman–Crippen MR) is 110 cm³/mol. The number of benzene rings is 3. The van der Waals surface area contributed by atoms with Crippen LogP contribution in [0.25, 0.3) is 11.1 Å². The zero-order valence-electron chi connectivity index (χ0n) is 16.1. The number of aryl methyl sites for hydroxylation is 1. The topological polar surface area (TPSA) is 35.5 Å². The van der Waals surface area contributed by atoms with Gasteiger partial charge in [0.25, 0.3) is 0 Å². The zero-order valence-corrected chi connectivity index (χ0v) is 16.1. The number of hydrogen-bond donors (Lipinski definition) is 0. The molecular weight excluding hydrogens is 348 g/mol. The molecule has 4 rings (SSSR count). The zero-order chi connectivity index (χ0) is 19.3. The summed E-state index contributed by atoms with van der Waals surface area (Å²) in [6.07, 6.45) is 1.33. The van der Waals surface area contributed by atoms with Crippen molar-refractivity contribution in [2.45, 2.75) is 39.6 Å². The summed E-state index contributed by atoms with van der Waals surface area (Å²) in [5.74, 6) is 1.12. The van der Waals surface area contributed by atoms with Crippen LogP contribution in [0.5, 0.6) is 5.75 Å². The van der Waals surface area contributed by atoms with E-state index in [4.69, 9.17) is 9.47 Å². The molecule has 0 radical (unpaired) electrons. The Morgan fingerprint density at radius 3 is 2.46 bits per heavy atom. The Hall–Kier alpha value is -2.91. The van der Waals surface area contributed by atoms with Gasteiger partial charge in [-0.15, -0.1) is 0 Å². The van der Waals surface area contributed by atoms with E-state index in [2.05, 4.69) is 48.5 Å². The predicted octanol–water partition coefficient (Wildman–Crippen LogP) is 5.48. The van der Waals surface area contributed by atoms with Crippen molar-refractivity contribution >= 4 is 5.78 Å². The fourth-order valence-corrected chi connectivity index (χ4v) is 3.52. The Kier molecular flexibility index (Phi) is 5.54. The van der Waals surface area contributed by atoms with Crippen molar-refractivity contribution in [3.63, 3.8) is 0 Å². The van der Waals surface area contributed by atoms with Crippen LogP contribution in [-0.4, -0.2) is 5.78 Å². The molecule has 1 aliphatic heterocycles. The third-order valence-corrected chi connectivity index (χ3v) is 5.04. The first kappa shape index (κ1) is 18.5. The average molecular weight is 372 g/mol. The molecule has 0 saturated carbocycles. The van der Waals surface area contributed by atoms with E-state index in [0.717, 1.165) is 28.9 Å². The van der Waals surface area contributed by atoms with Gasteiger partial charge < -0.3 is 14.3 Å². The average Bonchev–Trinajstić information content (AvgIpc) is 2.72. The monoisotopic (exact) mass is 372 g/mol. The maximum atomic E-state index is 11.2. The molecule has 1 heterocycles. The van der Waals surface area contributed by atoms with Crippen molar-refractivity contribution in [3.8, 4) is 16.9 Å². The lowest BCUT2D eigenvalue weighted by Crippen LogP contribution is -2.07. The molecule has 142 valence electrons. The SMILES string of the molecule is CC(=O)CCc1ccc2c(c1)OCc1cc(COCc3ccccc3)ccc1-2. The van der Waals surface area contributed by atoms with Crippen LogP contribution in [0.2, 0.25) is 0 Å². The van der Waals surface area contributed by atoms with Crippen LogP contribution < -0.4 is 4.74 Å². The number of fused-ring (bicyclic) bond motifs is 3. The van der Waals surface area contributed by atoms with Gasteiger partial charge >= 0.3 is 0 Å². The second kappa shape index (κ2) is 8.41. The number of carbonyl (C=O) groups excluding carboxylic acids is 1. The van der Waals surface area contributed by atoms with E-state index in [1.807, 2.05) is 18.2 Å². The molecule has 1 aliphatic rings. The second-order valence-corrected chi connectivity index (χ2v) is 7.29. The van der Waals surface area contributed by atoms with Gasteiger partial charge in [-0.3, -0.25) is 0 Å². The Morgan fingerprint density at radius 1 is 0.893 bits per heavy atom. The minimum Gasteiger partial charge on any atom is -0.488 e. The maximum Gasteiger partial charge on any atom is 0.130 e. The quantitative estimate of drug-likeness (QED) is 0.550. The standard InChI is InChI=1S/C25H24O3/c1-18(26)7-8-19-9-12-24-23-11-10-21(13-22(23)17-28-25(24)14-19)16-27-15-20-5-3-2-4-6-20/h2-6,9-14H,7-8,15-17H2,1H3. The molecule has 0 spiro atoms. The number of carbonyl (C=O) groups is 1. The smallest absolute Gasteiger partial charge is 0.130 e. The first-order chi connectivity index (χ1) is 13.7. The largest absolute Gasteiger partial charge is 0.488 e. The first-order valence-electron chi connectivity index (χ1n) is 9.68. The molecule has 0 saturated heterocycles. The molecule has 0 atom stereocenters. The molecule has 3 aromatic rings. The fraction of sp³-hybridized carbons (Fsp3) is 0.240. The Labute approximate surface area is 165 Å². The summed E-state index contributed by atoms with van der Waals surface area (Å²) >= 11 is 0. The summed E-state index contributed by atoms with van der Waals surface area (Å²) in [6.45, 7) is 3.39. The van der Waals surface area contributed by atoms with Gasteiger partial charge in [0.2, 0.25) is 0 Å². The summed E-state index contributed by atoms with van der Waals surface area (Å²) < 4.78 is 11.9. The highest BCUT2D eigenvalue weighted by atomic mass is 16.5. The number of ether oxygens (including phenoxy) is 2. The van der Waals surface area contributed by atoms with Crippen molar-refractivity contribution in [1.82, 2.24) is 0 Å². The molecule has 0 amide bonds. The molecule has 0 unspecified atom stereocenters. The third-order valence-electron chi connectivity index (χ3n) is 5.04. The molecule has 28 heavy (non-hydrogen) atoms. The lowest BCUT2D eigenvalue weighted by molar-refractivity contribution is -0.116. The van der Waals surface area contributed by atoms with Gasteiger partial charge in [-0.25, -0.2) is 0 Å². The minimum absolute atomic E-state index is 0.214. The van der Waals surface area contributed by atoms with Gasteiger partial charge in [-0.1, -0.05) is 54.6 Å². The van der Waals surface area contributed by atoms with Gasteiger partial charge in [0.05, 0.1) is 13.2 Å². The summed E-state index contributed by atoms with van der Waals surface area (Å²) in [6, 6.07) is 22.9. The van der Waals surface area contributed by atoms with E-state index in [9.17, 15) is 4.79 Å². The van der Waals surface area contributed by atoms with E-state index >= 15 is 0 Å². The second-order valence-electron chi connectivity index (χ2n) is 7.29. The molecule has 0 bridgehead atoms. The lowest BCUT2D eigenvalue weighted by atomic mass is 9.93. The van der Waals surface area contributed by atoms with Crippen LogP contribution in [0.15, 0.2) is 66.7 Å². The summed E-state index contributed by atoms with van der Waals surface area (Å²) in [7, 11) is 0. The van der Waals surface area contributed by atoms with E-state index in [1.54, 1.807) is 6.92 Å². The van der Waals surface area contributed by atoms with Gasteiger partial charge in [-0.2, -0.15) is 0 Å². The Bertz CT molecular complexity index is 976. The molecule has 0 fully saturated rings. The first-order valence-corrected chi connectivity index (χ1v) is 9.68. The fourth-order valence-electron chi connectivity index (χ4n) is 3.52. The van der Waals surface area contributed by atoms with Crippen LogP contribution >= 0.6 is 0 Å². The van der Waals surface area contributed by atoms with Gasteiger partial charge in [0, 0.05) is 12.0 Å². The number of Topliss-reactive ketones (excluding diaryl/α,β-unsaturated/α-hetero) is 1. The van der Waals surface area contributed by atoms with E-state index in [-0.39, 0.29) is 5.78 Å². The molecule has 3 aromatic carbocycles. The van der Waals surface area contributed by atoms with Crippen molar-refractivity contribution in [3.05, 3.63) is 89.0 Å². The molecule has 0 aliphatic carbocycles. The molecule has 3 heteroatoms. The number of rotatable bonds is 7. The van der Waals surface area contributed by atoms with Crippen molar-refractivity contribution in [2.75, 3.05) is 0 Å². The van der Waals surface area contributed by atoms with E-state index < -0.39 is 0 Å². The highest BCUT2D eigenvalue weighted by molar-refractivity contribution is 5.77. The van der Waals surface area contributed by atoms with Crippen LogP contribution in [-0.2, 0) is 35.8 Å². The summed E-state index contributed by atoms with van der Waals surface area (Å²) in [5.41, 5.74) is 6.99. The summed E-state index contributed by atoms with van der Waals surface area (Å²) in [5, 5.41) is 0. The van der Waals surface area contributed by atoms with Gasteiger partial charge in [0.15, 0.2) is 0 Å². The maximum absolute atomic E-state index is 11.2.